The summed E-state index contributed by atoms with van der Waals surface area (Å²) in [6.45, 7) is 4.60. The van der Waals surface area contributed by atoms with E-state index in [1.165, 1.54) is 11.3 Å². The first-order valence-corrected chi connectivity index (χ1v) is 8.25. The molecule has 2 amide bonds. The zero-order chi connectivity index (χ0) is 15.9. The monoisotopic (exact) mass is 318 g/mol. The molecule has 0 aliphatic heterocycles. The van der Waals surface area contributed by atoms with Crippen molar-refractivity contribution in [2.45, 2.75) is 32.5 Å². The SMILES string of the molecule is CC(C)NC(=O)N(Cc1ccccc1)C[C@H](O)c1cccs1. The van der Waals surface area contributed by atoms with Gasteiger partial charge in [-0.3, -0.25) is 0 Å². The summed E-state index contributed by atoms with van der Waals surface area (Å²) in [6, 6.07) is 13.5. The number of nitrogens with one attached hydrogen (secondary N) is 1. The third kappa shape index (κ3) is 4.86. The van der Waals surface area contributed by atoms with Crippen molar-refractivity contribution in [1.82, 2.24) is 10.2 Å². The van der Waals surface area contributed by atoms with Gasteiger partial charge in [0.2, 0.25) is 0 Å². The standard InChI is InChI=1S/C17H22N2O2S/c1-13(2)18-17(21)19(11-14-7-4-3-5-8-14)12-15(20)16-9-6-10-22-16/h3-10,13,15,20H,11-12H2,1-2H3,(H,18,21)/t15-/m0/s1. The Balaban J connectivity index is 2.08. The zero-order valence-electron chi connectivity index (χ0n) is 12.9. The van der Waals surface area contributed by atoms with Gasteiger partial charge >= 0.3 is 6.03 Å². The molecular formula is C17H22N2O2S. The van der Waals surface area contributed by atoms with Gasteiger partial charge in [-0.1, -0.05) is 36.4 Å². The summed E-state index contributed by atoms with van der Waals surface area (Å²) < 4.78 is 0. The van der Waals surface area contributed by atoms with E-state index in [0.29, 0.717) is 6.54 Å². The molecule has 1 aromatic heterocycles. The van der Waals surface area contributed by atoms with Crippen molar-refractivity contribution in [3.05, 3.63) is 58.3 Å². The van der Waals surface area contributed by atoms with Crippen LogP contribution in [0.1, 0.15) is 30.4 Å². The summed E-state index contributed by atoms with van der Waals surface area (Å²) in [4.78, 5) is 14.9. The average Bonchev–Trinajstić information content (AvgIpc) is 3.01. The molecular weight excluding hydrogens is 296 g/mol. The Bertz CT molecular complexity index is 570. The number of rotatable bonds is 6. The maximum Gasteiger partial charge on any atom is 0.317 e. The Kier molecular flexibility index (Phi) is 5.98. The van der Waals surface area contributed by atoms with Crippen LogP contribution in [0.3, 0.4) is 0 Å². The van der Waals surface area contributed by atoms with E-state index >= 15 is 0 Å². The molecule has 0 unspecified atom stereocenters. The molecule has 0 radical (unpaired) electrons. The number of amides is 2. The number of carbonyl (C=O) groups is 1. The second kappa shape index (κ2) is 7.96. The van der Waals surface area contributed by atoms with Gasteiger partial charge in [-0.2, -0.15) is 0 Å². The Morgan fingerprint density at radius 1 is 1.23 bits per heavy atom. The molecule has 1 aromatic carbocycles. The first-order chi connectivity index (χ1) is 10.6. The largest absolute Gasteiger partial charge is 0.386 e. The quantitative estimate of drug-likeness (QED) is 0.857. The van der Waals surface area contributed by atoms with E-state index in [1.54, 1.807) is 4.90 Å². The smallest absolute Gasteiger partial charge is 0.317 e. The molecule has 118 valence electrons. The molecule has 0 aliphatic carbocycles. The van der Waals surface area contributed by atoms with Gasteiger partial charge in [0, 0.05) is 17.5 Å². The summed E-state index contributed by atoms with van der Waals surface area (Å²) in [5, 5.41) is 15.1. The van der Waals surface area contributed by atoms with Gasteiger partial charge in [0.15, 0.2) is 0 Å². The fourth-order valence-electron chi connectivity index (χ4n) is 2.14. The molecule has 0 saturated heterocycles. The van der Waals surface area contributed by atoms with Crippen LogP contribution in [0.15, 0.2) is 47.8 Å². The maximum atomic E-state index is 12.4. The number of nitrogens with zero attached hydrogens (tertiary/aromatic N) is 1. The summed E-state index contributed by atoms with van der Waals surface area (Å²) in [5.74, 6) is 0. The molecule has 2 N–H and O–H groups in total. The Hall–Kier alpha value is -1.85. The van der Waals surface area contributed by atoms with Crippen LogP contribution in [0.4, 0.5) is 4.79 Å². The van der Waals surface area contributed by atoms with Crippen molar-refractivity contribution in [3.8, 4) is 0 Å². The highest BCUT2D eigenvalue weighted by molar-refractivity contribution is 7.10. The van der Waals surface area contributed by atoms with Crippen LogP contribution in [-0.2, 0) is 6.54 Å². The molecule has 0 fully saturated rings. The number of carbonyl (C=O) groups excluding carboxylic acids is 1. The molecule has 0 bridgehead atoms. The lowest BCUT2D eigenvalue weighted by atomic mass is 10.2. The van der Waals surface area contributed by atoms with Crippen LogP contribution in [-0.4, -0.2) is 28.6 Å². The van der Waals surface area contributed by atoms with E-state index in [-0.39, 0.29) is 18.6 Å². The van der Waals surface area contributed by atoms with Crippen LogP contribution >= 0.6 is 11.3 Å². The second-order valence-corrected chi connectivity index (χ2v) is 6.48. The maximum absolute atomic E-state index is 12.4. The summed E-state index contributed by atoms with van der Waals surface area (Å²) in [7, 11) is 0. The predicted molar refractivity (Wildman–Crippen MR) is 89.8 cm³/mol. The van der Waals surface area contributed by atoms with Crippen molar-refractivity contribution >= 4 is 17.4 Å². The highest BCUT2D eigenvalue weighted by Gasteiger charge is 2.20. The molecule has 22 heavy (non-hydrogen) atoms. The number of aliphatic hydroxyl groups is 1. The minimum atomic E-state index is -0.665. The van der Waals surface area contributed by atoms with Gasteiger partial charge < -0.3 is 15.3 Å². The lowest BCUT2D eigenvalue weighted by molar-refractivity contribution is 0.119. The van der Waals surface area contributed by atoms with E-state index in [9.17, 15) is 9.90 Å². The molecule has 2 aromatic rings. The van der Waals surface area contributed by atoms with Crippen molar-refractivity contribution in [2.75, 3.05) is 6.54 Å². The molecule has 5 heteroatoms. The number of urea groups is 1. The average molecular weight is 318 g/mol. The number of benzene rings is 1. The zero-order valence-corrected chi connectivity index (χ0v) is 13.7. The number of aliphatic hydroxyl groups excluding tert-OH is 1. The third-order valence-electron chi connectivity index (χ3n) is 3.18. The predicted octanol–water partition coefficient (Wildman–Crippen LogP) is 3.40. The molecule has 0 saturated carbocycles. The van der Waals surface area contributed by atoms with Crippen LogP contribution in [0.25, 0.3) is 0 Å². The number of thiophene rings is 1. The van der Waals surface area contributed by atoms with Crippen LogP contribution in [0, 0.1) is 0 Å². The minimum Gasteiger partial charge on any atom is -0.386 e. The van der Waals surface area contributed by atoms with Crippen molar-refractivity contribution < 1.29 is 9.90 Å². The molecule has 0 aliphatic rings. The first kappa shape index (κ1) is 16.5. The van der Waals surface area contributed by atoms with Gasteiger partial charge in [-0.05, 0) is 30.9 Å². The van der Waals surface area contributed by atoms with Crippen LogP contribution in [0.2, 0.25) is 0 Å². The molecule has 0 spiro atoms. The molecule has 4 nitrogen and oxygen atoms in total. The van der Waals surface area contributed by atoms with Gasteiger partial charge in [0.25, 0.3) is 0 Å². The van der Waals surface area contributed by atoms with E-state index in [0.717, 1.165) is 10.4 Å². The van der Waals surface area contributed by atoms with Crippen molar-refractivity contribution in [1.29, 1.82) is 0 Å². The minimum absolute atomic E-state index is 0.0599. The first-order valence-electron chi connectivity index (χ1n) is 7.37. The molecule has 2 rings (SSSR count). The summed E-state index contributed by atoms with van der Waals surface area (Å²) >= 11 is 1.50. The highest BCUT2D eigenvalue weighted by atomic mass is 32.1. The van der Waals surface area contributed by atoms with Crippen molar-refractivity contribution in [3.63, 3.8) is 0 Å². The van der Waals surface area contributed by atoms with Gasteiger partial charge in [0.1, 0.15) is 6.10 Å². The molecule has 1 atom stereocenters. The Labute approximate surface area is 135 Å². The van der Waals surface area contributed by atoms with E-state index < -0.39 is 6.10 Å². The van der Waals surface area contributed by atoms with Gasteiger partial charge in [0.05, 0.1) is 6.54 Å². The van der Waals surface area contributed by atoms with Gasteiger partial charge in [-0.15, -0.1) is 11.3 Å². The second-order valence-electron chi connectivity index (χ2n) is 5.50. The topological polar surface area (TPSA) is 52.6 Å². The lowest BCUT2D eigenvalue weighted by Crippen LogP contribution is -2.44. The molecule has 1 heterocycles. The normalized spacial score (nSPS) is 12.2. The third-order valence-corrected chi connectivity index (χ3v) is 4.15. The number of hydrogen-bond acceptors (Lipinski definition) is 3. The van der Waals surface area contributed by atoms with E-state index in [1.807, 2.05) is 61.7 Å². The Morgan fingerprint density at radius 2 is 1.95 bits per heavy atom. The lowest BCUT2D eigenvalue weighted by Gasteiger charge is -2.26. The van der Waals surface area contributed by atoms with E-state index in [2.05, 4.69) is 5.32 Å². The fraction of sp³-hybridized carbons (Fsp3) is 0.353. The fourth-order valence-corrected chi connectivity index (χ4v) is 2.84. The number of hydrogen-bond donors (Lipinski definition) is 2. The van der Waals surface area contributed by atoms with Crippen LogP contribution in [0.5, 0.6) is 0 Å². The van der Waals surface area contributed by atoms with Crippen LogP contribution < -0.4 is 5.32 Å². The van der Waals surface area contributed by atoms with Crippen molar-refractivity contribution in [2.24, 2.45) is 0 Å². The van der Waals surface area contributed by atoms with Gasteiger partial charge in [-0.25, -0.2) is 4.79 Å². The van der Waals surface area contributed by atoms with E-state index in [4.69, 9.17) is 0 Å². The summed E-state index contributed by atoms with van der Waals surface area (Å²) in [5.41, 5.74) is 1.04. The summed E-state index contributed by atoms with van der Waals surface area (Å²) in [6.07, 6.45) is -0.665. The Morgan fingerprint density at radius 3 is 2.55 bits per heavy atom. The highest BCUT2D eigenvalue weighted by Crippen LogP contribution is 2.20.